The Morgan fingerprint density at radius 2 is 1.90 bits per heavy atom. The Kier molecular flexibility index (Phi) is 6.60. The van der Waals surface area contributed by atoms with E-state index in [1.54, 1.807) is 6.92 Å². The summed E-state index contributed by atoms with van der Waals surface area (Å²) in [6.45, 7) is 1.75. The molecule has 2 aromatic rings. The standard InChI is InChI=1S/C20H19Cl2F4N3O/c1-9-4-10(19(30)29-17-8-15(22)14(21)7-16(17)23)5-11(27)6-13-12(9)2-3-28-18(13)20(24,25)26/h2-3,7-11H,4-6,27H2,1H3,(H,29,30)/t9-,10?,11+/m1/s1. The third-order valence-corrected chi connectivity index (χ3v) is 5.94. The second kappa shape index (κ2) is 8.69. The van der Waals surface area contributed by atoms with Gasteiger partial charge in [0.2, 0.25) is 5.91 Å². The number of nitrogens with two attached hydrogens (primary N) is 1. The lowest BCUT2D eigenvalue weighted by Gasteiger charge is -2.30. The molecule has 1 heterocycles. The molecular formula is C20H19Cl2F4N3O. The van der Waals surface area contributed by atoms with Crippen LogP contribution in [0.5, 0.6) is 0 Å². The SMILES string of the molecule is C[C@@H]1CC(C(=O)Nc2cc(Cl)c(Cl)cc2F)C[C@H](N)Cc2c1ccnc2C(F)(F)F. The zero-order chi connectivity index (χ0) is 22.2. The highest BCUT2D eigenvalue weighted by Crippen LogP contribution is 2.39. The lowest BCUT2D eigenvalue weighted by atomic mass is 9.79. The van der Waals surface area contributed by atoms with Crippen molar-refractivity contribution < 1.29 is 22.4 Å². The Hall–Kier alpha value is -1.90. The lowest BCUT2D eigenvalue weighted by molar-refractivity contribution is -0.142. The van der Waals surface area contributed by atoms with Crippen molar-refractivity contribution in [3.8, 4) is 0 Å². The molecule has 1 aromatic carbocycles. The maximum absolute atomic E-state index is 14.1. The number of carbonyl (C=O) groups excluding carboxylic acids is 1. The molecule has 0 aliphatic heterocycles. The van der Waals surface area contributed by atoms with E-state index in [1.165, 1.54) is 12.1 Å². The summed E-state index contributed by atoms with van der Waals surface area (Å²) in [5.41, 5.74) is 5.55. The van der Waals surface area contributed by atoms with E-state index in [-0.39, 0.29) is 46.5 Å². The molecule has 30 heavy (non-hydrogen) atoms. The number of rotatable bonds is 2. The number of alkyl halides is 3. The number of hydrogen-bond donors (Lipinski definition) is 2. The highest BCUT2D eigenvalue weighted by atomic mass is 35.5. The first-order valence-corrected chi connectivity index (χ1v) is 9.99. The van der Waals surface area contributed by atoms with E-state index < -0.39 is 35.6 Å². The number of halogens is 6. The number of anilines is 1. The molecule has 3 N–H and O–H groups in total. The van der Waals surface area contributed by atoms with Gasteiger partial charge in [-0.2, -0.15) is 13.2 Å². The van der Waals surface area contributed by atoms with E-state index >= 15 is 0 Å². The Bertz CT molecular complexity index is 968. The number of nitrogens with zero attached hydrogens (tertiary/aromatic N) is 1. The van der Waals surface area contributed by atoms with Gasteiger partial charge in [-0.3, -0.25) is 9.78 Å². The second-order valence-corrected chi connectivity index (χ2v) is 8.31. The van der Waals surface area contributed by atoms with Gasteiger partial charge < -0.3 is 11.1 Å². The maximum atomic E-state index is 14.1. The second-order valence-electron chi connectivity index (χ2n) is 7.49. The third-order valence-electron chi connectivity index (χ3n) is 5.22. The number of pyridine rings is 1. The molecule has 3 rings (SSSR count). The summed E-state index contributed by atoms with van der Waals surface area (Å²) in [6.07, 6.45) is -3.15. The molecule has 1 unspecified atom stereocenters. The quantitative estimate of drug-likeness (QED) is 0.451. The van der Waals surface area contributed by atoms with Crippen molar-refractivity contribution in [2.75, 3.05) is 5.32 Å². The molecule has 1 amide bonds. The van der Waals surface area contributed by atoms with Crippen LogP contribution in [0.3, 0.4) is 0 Å². The summed E-state index contributed by atoms with van der Waals surface area (Å²) in [4.78, 5) is 16.3. The predicted molar refractivity (Wildman–Crippen MR) is 107 cm³/mol. The highest BCUT2D eigenvalue weighted by molar-refractivity contribution is 6.42. The van der Waals surface area contributed by atoms with Gasteiger partial charge in [0, 0.05) is 18.2 Å². The summed E-state index contributed by atoms with van der Waals surface area (Å²) in [5, 5.41) is 2.59. The van der Waals surface area contributed by atoms with E-state index in [0.717, 1.165) is 12.3 Å². The fourth-order valence-electron chi connectivity index (χ4n) is 3.86. The Labute approximate surface area is 180 Å². The zero-order valence-corrected chi connectivity index (χ0v) is 17.4. The molecule has 10 heteroatoms. The average molecular weight is 464 g/mol. The summed E-state index contributed by atoms with van der Waals surface area (Å²) in [6, 6.07) is 3.03. The molecule has 3 atom stereocenters. The van der Waals surface area contributed by atoms with Gasteiger partial charge in [0.1, 0.15) is 11.5 Å². The molecule has 1 aliphatic carbocycles. The van der Waals surface area contributed by atoms with Gasteiger partial charge >= 0.3 is 6.18 Å². The largest absolute Gasteiger partial charge is 0.433 e. The van der Waals surface area contributed by atoms with Crippen LogP contribution in [0.2, 0.25) is 10.0 Å². The van der Waals surface area contributed by atoms with E-state index in [4.69, 9.17) is 28.9 Å². The summed E-state index contributed by atoms with van der Waals surface area (Å²) < 4.78 is 54.3. The first-order valence-electron chi connectivity index (χ1n) is 9.23. The van der Waals surface area contributed by atoms with Crippen LogP contribution in [0.4, 0.5) is 23.2 Å². The number of amides is 1. The van der Waals surface area contributed by atoms with Crippen LogP contribution in [0.1, 0.15) is 42.5 Å². The van der Waals surface area contributed by atoms with Crippen molar-refractivity contribution >= 4 is 34.8 Å². The summed E-state index contributed by atoms with van der Waals surface area (Å²) >= 11 is 11.6. The van der Waals surface area contributed by atoms with Crippen molar-refractivity contribution in [1.29, 1.82) is 0 Å². The van der Waals surface area contributed by atoms with Crippen LogP contribution >= 0.6 is 23.2 Å². The molecule has 0 bridgehead atoms. The van der Waals surface area contributed by atoms with Crippen LogP contribution in [-0.4, -0.2) is 16.9 Å². The molecule has 0 fully saturated rings. The minimum Gasteiger partial charge on any atom is -0.327 e. The summed E-state index contributed by atoms with van der Waals surface area (Å²) in [7, 11) is 0. The van der Waals surface area contributed by atoms with E-state index in [0.29, 0.717) is 5.56 Å². The molecule has 0 spiro atoms. The molecule has 162 valence electrons. The van der Waals surface area contributed by atoms with Crippen molar-refractivity contribution in [2.45, 2.75) is 44.3 Å². The van der Waals surface area contributed by atoms with Crippen molar-refractivity contribution in [2.24, 2.45) is 11.7 Å². The number of benzene rings is 1. The first kappa shape index (κ1) is 22.8. The molecule has 1 aromatic heterocycles. The van der Waals surface area contributed by atoms with Crippen molar-refractivity contribution in [1.82, 2.24) is 4.98 Å². The number of aromatic nitrogens is 1. The fraction of sp³-hybridized carbons (Fsp3) is 0.400. The van der Waals surface area contributed by atoms with Crippen molar-refractivity contribution in [3.05, 3.63) is 57.1 Å². The maximum Gasteiger partial charge on any atom is 0.433 e. The van der Waals surface area contributed by atoms with Gasteiger partial charge in [-0.05, 0) is 54.5 Å². The highest BCUT2D eigenvalue weighted by Gasteiger charge is 2.38. The molecule has 0 saturated carbocycles. The Morgan fingerprint density at radius 3 is 2.57 bits per heavy atom. The smallest absolute Gasteiger partial charge is 0.327 e. The minimum atomic E-state index is -4.59. The first-order chi connectivity index (χ1) is 14.0. The molecule has 4 nitrogen and oxygen atoms in total. The van der Waals surface area contributed by atoms with Gasteiger partial charge in [-0.25, -0.2) is 4.39 Å². The van der Waals surface area contributed by atoms with Gasteiger partial charge in [0.15, 0.2) is 0 Å². The normalized spacial score (nSPS) is 22.1. The fourth-order valence-corrected chi connectivity index (χ4v) is 4.17. The van der Waals surface area contributed by atoms with Crippen LogP contribution in [-0.2, 0) is 17.4 Å². The summed E-state index contributed by atoms with van der Waals surface area (Å²) in [5.74, 6) is -2.21. The lowest BCUT2D eigenvalue weighted by Crippen LogP contribution is -2.35. The molecular weight excluding hydrogens is 445 g/mol. The third kappa shape index (κ3) is 4.87. The minimum absolute atomic E-state index is 0.0134. The average Bonchev–Trinajstić information content (AvgIpc) is 2.63. The van der Waals surface area contributed by atoms with Crippen LogP contribution < -0.4 is 11.1 Å². The monoisotopic (exact) mass is 463 g/mol. The topological polar surface area (TPSA) is 68.0 Å². The van der Waals surface area contributed by atoms with Crippen LogP contribution in [0.15, 0.2) is 24.4 Å². The van der Waals surface area contributed by atoms with E-state index in [9.17, 15) is 22.4 Å². The van der Waals surface area contributed by atoms with Crippen LogP contribution in [0, 0.1) is 11.7 Å². The Balaban J connectivity index is 1.87. The van der Waals surface area contributed by atoms with Gasteiger partial charge in [0.25, 0.3) is 0 Å². The van der Waals surface area contributed by atoms with Crippen LogP contribution in [0.25, 0.3) is 0 Å². The van der Waals surface area contributed by atoms with E-state index in [2.05, 4.69) is 10.3 Å². The number of hydrogen-bond acceptors (Lipinski definition) is 3. The zero-order valence-electron chi connectivity index (χ0n) is 15.9. The Morgan fingerprint density at radius 1 is 1.23 bits per heavy atom. The van der Waals surface area contributed by atoms with Gasteiger partial charge in [-0.1, -0.05) is 30.1 Å². The van der Waals surface area contributed by atoms with Gasteiger partial charge in [0.05, 0.1) is 15.7 Å². The number of carbonyl (C=O) groups is 1. The predicted octanol–water partition coefficient (Wildman–Crippen LogP) is 5.57. The molecule has 0 saturated heterocycles. The number of fused-ring (bicyclic) bond motifs is 1. The number of nitrogens with one attached hydrogen (secondary N) is 1. The molecule has 0 radical (unpaired) electrons. The van der Waals surface area contributed by atoms with Gasteiger partial charge in [-0.15, -0.1) is 0 Å². The van der Waals surface area contributed by atoms with Crippen molar-refractivity contribution in [3.63, 3.8) is 0 Å². The van der Waals surface area contributed by atoms with E-state index in [1.807, 2.05) is 0 Å². The molecule has 1 aliphatic rings.